The van der Waals surface area contributed by atoms with Gasteiger partial charge in [-0.15, -0.1) is 0 Å². The average molecular weight is 893 g/mol. The predicted octanol–water partition coefficient (Wildman–Crippen LogP) is 9.12. The first-order chi connectivity index (χ1) is 31.7. The number of nitrogens with one attached hydrogen (secondary N) is 4. The maximum Gasteiger partial charge on any atom is 0.408 e. The third-order valence-corrected chi connectivity index (χ3v) is 13.4. The fourth-order valence-electron chi connectivity index (χ4n) is 10.0. The highest BCUT2D eigenvalue weighted by atomic mass is 16.6. The Labute approximate surface area is 385 Å². The molecule has 2 aliphatic carbocycles. The number of aromatic nitrogens is 4. The first kappa shape index (κ1) is 44.5. The van der Waals surface area contributed by atoms with Gasteiger partial charge in [0, 0.05) is 35.8 Å². The fraction of sp³-hybridized carbons (Fsp3) is 0.423. The maximum atomic E-state index is 14.3. The van der Waals surface area contributed by atoms with Crippen LogP contribution < -0.4 is 10.6 Å². The molecule has 5 aromatic rings. The highest BCUT2D eigenvalue weighted by Gasteiger charge is 2.41. The number of nitrogens with zero attached hydrogens (tertiary/aromatic N) is 4. The van der Waals surface area contributed by atoms with Gasteiger partial charge in [-0.1, -0.05) is 80.6 Å². The third-order valence-electron chi connectivity index (χ3n) is 13.4. The molecule has 2 saturated heterocycles. The molecule has 4 N–H and O–H groups in total. The summed E-state index contributed by atoms with van der Waals surface area (Å²) in [6.07, 6.45) is 14.1. The second-order valence-electron chi connectivity index (χ2n) is 19.4. The van der Waals surface area contributed by atoms with Crippen LogP contribution in [0.25, 0.3) is 44.4 Å². The zero-order valence-corrected chi connectivity index (χ0v) is 38.6. The second kappa shape index (κ2) is 18.3. The van der Waals surface area contributed by atoms with E-state index in [4.69, 9.17) is 19.4 Å². The van der Waals surface area contributed by atoms with Crippen LogP contribution >= 0.6 is 0 Å². The van der Waals surface area contributed by atoms with Crippen LogP contribution in [0, 0.1) is 11.8 Å². The molecular formula is C52H60N8O6. The summed E-state index contributed by atoms with van der Waals surface area (Å²) in [7, 11) is 1.30. The van der Waals surface area contributed by atoms with Gasteiger partial charge in [0.15, 0.2) is 0 Å². The minimum absolute atomic E-state index is 0.102. The highest BCUT2D eigenvalue weighted by molar-refractivity contribution is 5.91. The van der Waals surface area contributed by atoms with E-state index in [2.05, 4.69) is 75.2 Å². The Balaban J connectivity index is 0.895. The minimum Gasteiger partial charge on any atom is -0.453 e. The lowest BCUT2D eigenvalue weighted by molar-refractivity contribution is -0.136. The van der Waals surface area contributed by atoms with Gasteiger partial charge in [0.1, 0.15) is 29.3 Å². The number of methoxy groups -OCH3 is 1. The molecule has 14 nitrogen and oxygen atoms in total. The maximum absolute atomic E-state index is 14.3. The number of aromatic amines is 2. The normalized spacial score (nSPS) is 20.0. The molecular weight excluding hydrogens is 833 g/mol. The van der Waals surface area contributed by atoms with Gasteiger partial charge in [-0.25, -0.2) is 19.6 Å². The van der Waals surface area contributed by atoms with Gasteiger partial charge < -0.3 is 39.9 Å². The largest absolute Gasteiger partial charge is 0.453 e. The molecule has 4 amide bonds. The Morgan fingerprint density at radius 1 is 0.788 bits per heavy atom. The number of hydrogen-bond acceptors (Lipinski definition) is 8. The number of aryl methyl sites for hydroxylation is 2. The molecule has 4 aliphatic rings. The first-order valence-electron chi connectivity index (χ1n) is 23.3. The molecule has 344 valence electrons. The van der Waals surface area contributed by atoms with Gasteiger partial charge >= 0.3 is 12.2 Å². The van der Waals surface area contributed by atoms with Crippen molar-refractivity contribution in [1.29, 1.82) is 0 Å². The fourth-order valence-corrected chi connectivity index (χ4v) is 10.0. The lowest BCUT2D eigenvalue weighted by atomic mass is 9.89. The molecule has 9 rings (SSSR count). The van der Waals surface area contributed by atoms with E-state index in [1.165, 1.54) is 12.7 Å². The molecule has 1 unspecified atom stereocenters. The van der Waals surface area contributed by atoms with Gasteiger partial charge in [0.05, 0.1) is 36.8 Å². The second-order valence-corrected chi connectivity index (χ2v) is 19.4. The van der Waals surface area contributed by atoms with E-state index in [0.29, 0.717) is 19.5 Å². The van der Waals surface area contributed by atoms with Gasteiger partial charge in [-0.2, -0.15) is 0 Å². The van der Waals surface area contributed by atoms with Crippen LogP contribution in [0.3, 0.4) is 0 Å². The Kier molecular flexibility index (Phi) is 12.3. The number of ether oxygens (including phenoxy) is 2. The number of alkyl carbamates (subject to hydrolysis) is 2. The van der Waals surface area contributed by atoms with Crippen molar-refractivity contribution in [1.82, 2.24) is 40.4 Å². The summed E-state index contributed by atoms with van der Waals surface area (Å²) < 4.78 is 10.4. The number of fused-ring (bicyclic) bond motifs is 4. The quantitative estimate of drug-likeness (QED) is 0.107. The summed E-state index contributed by atoms with van der Waals surface area (Å²) in [6.45, 7) is 10.5. The van der Waals surface area contributed by atoms with E-state index in [-0.39, 0.29) is 35.7 Å². The summed E-state index contributed by atoms with van der Waals surface area (Å²) >= 11 is 0. The molecule has 2 aliphatic heterocycles. The number of likely N-dealkylation sites (tertiary alicyclic amines) is 2. The number of allylic oxidation sites excluding steroid dienone is 3. The van der Waals surface area contributed by atoms with Crippen molar-refractivity contribution in [3.05, 3.63) is 108 Å². The topological polar surface area (TPSA) is 175 Å². The van der Waals surface area contributed by atoms with E-state index in [9.17, 15) is 19.2 Å². The Morgan fingerprint density at radius 2 is 1.47 bits per heavy atom. The molecule has 4 heterocycles. The van der Waals surface area contributed by atoms with Crippen molar-refractivity contribution in [3.63, 3.8) is 0 Å². The van der Waals surface area contributed by atoms with Gasteiger partial charge in [0.2, 0.25) is 11.8 Å². The zero-order valence-electron chi connectivity index (χ0n) is 38.6. The number of hydrogen-bond donors (Lipinski definition) is 4. The molecule has 0 saturated carbocycles. The molecule has 3 aromatic carbocycles. The van der Waals surface area contributed by atoms with Crippen molar-refractivity contribution in [2.24, 2.45) is 11.8 Å². The Hall–Kier alpha value is -6.70. The molecule has 14 heteroatoms. The van der Waals surface area contributed by atoms with E-state index < -0.39 is 29.9 Å². The summed E-state index contributed by atoms with van der Waals surface area (Å²) in [6, 6.07) is 17.7. The van der Waals surface area contributed by atoms with Crippen LogP contribution in [0.15, 0.2) is 85.1 Å². The third kappa shape index (κ3) is 9.10. The Bertz CT molecular complexity index is 2730. The number of H-pyrrole nitrogens is 2. The lowest BCUT2D eigenvalue weighted by Crippen LogP contribution is -2.52. The summed E-state index contributed by atoms with van der Waals surface area (Å²) in [5, 5.41) is 7.86. The Morgan fingerprint density at radius 3 is 2.17 bits per heavy atom. The number of imidazole rings is 2. The van der Waals surface area contributed by atoms with Crippen LogP contribution in [-0.4, -0.2) is 91.6 Å². The smallest absolute Gasteiger partial charge is 0.408 e. The van der Waals surface area contributed by atoms with Crippen molar-refractivity contribution >= 4 is 34.8 Å². The first-order valence-corrected chi connectivity index (χ1v) is 23.3. The van der Waals surface area contributed by atoms with Gasteiger partial charge in [-0.3, -0.25) is 9.59 Å². The summed E-state index contributed by atoms with van der Waals surface area (Å²) in [4.78, 5) is 73.8. The highest BCUT2D eigenvalue weighted by Crippen LogP contribution is 2.40. The van der Waals surface area contributed by atoms with Crippen molar-refractivity contribution < 1.29 is 28.7 Å². The van der Waals surface area contributed by atoms with Crippen molar-refractivity contribution in [2.45, 2.75) is 109 Å². The SMILES string of the molecule is COC(=O)N[C@H](C(=O)N1CCC[C@H]1c1nc2c([nH]1)CCc1cc(-c3ccc4cc(-c5cnc([C@@H]6CCCN6C(=O)[C@H](NC(=O)OC(C)(C)C)C6C=CC=CC6)[nH]5)ccc4c3)ccc1-2)C(C)C. The number of benzene rings is 3. The average Bonchev–Trinajstić information content (AvgIpc) is 4.15. The van der Waals surface area contributed by atoms with Crippen LogP contribution in [0.5, 0.6) is 0 Å². The van der Waals surface area contributed by atoms with Gasteiger partial charge in [-0.05, 0) is 111 Å². The molecule has 5 atom stereocenters. The number of amides is 4. The van der Waals surface area contributed by atoms with Gasteiger partial charge in [0.25, 0.3) is 0 Å². The minimum atomic E-state index is -0.767. The molecule has 66 heavy (non-hydrogen) atoms. The number of carbonyl (C=O) groups is 4. The van der Waals surface area contributed by atoms with Crippen molar-refractivity contribution in [2.75, 3.05) is 20.2 Å². The van der Waals surface area contributed by atoms with Crippen LogP contribution in [0.1, 0.15) is 102 Å². The monoisotopic (exact) mass is 892 g/mol. The van der Waals surface area contributed by atoms with Crippen LogP contribution in [0.2, 0.25) is 0 Å². The zero-order chi connectivity index (χ0) is 46.3. The molecule has 2 fully saturated rings. The predicted molar refractivity (Wildman–Crippen MR) is 253 cm³/mol. The standard InChI is InChI=1S/C52H60N8O6/c1-30(2)43(57-50(63)65-6)48(61)60-25-11-15-42(60)47-54-39-23-21-36-27-35(20-22-38(36)45(39)56-47)32-16-17-34-28-37(19-18-33(34)26-32)40-29-53-46(55-40)41-14-10-24-59(41)49(62)44(31-12-8-7-9-13-31)58-51(64)66-52(3,4)5/h7-9,12,16-20,22,26-31,41-44H,10-11,13-15,21,23-25H2,1-6H3,(H,53,55)(H,54,56)(H,57,63)(H,58,64)/t31?,41-,42-,43-,44+/m0/s1. The van der Waals surface area contributed by atoms with Crippen LogP contribution in [-0.2, 0) is 31.9 Å². The van der Waals surface area contributed by atoms with Crippen molar-refractivity contribution in [3.8, 4) is 33.6 Å². The molecule has 0 radical (unpaired) electrons. The van der Waals surface area contributed by atoms with E-state index in [0.717, 1.165) is 100 Å². The molecule has 0 bridgehead atoms. The van der Waals surface area contributed by atoms with Crippen LogP contribution in [0.4, 0.5) is 9.59 Å². The van der Waals surface area contributed by atoms with E-state index in [1.54, 1.807) is 0 Å². The van der Waals surface area contributed by atoms with E-state index >= 15 is 0 Å². The molecule has 0 spiro atoms. The lowest BCUT2D eigenvalue weighted by Gasteiger charge is -2.32. The van der Waals surface area contributed by atoms with E-state index in [1.807, 2.05) is 74.9 Å². The number of rotatable bonds is 10. The molecule has 2 aromatic heterocycles. The summed E-state index contributed by atoms with van der Waals surface area (Å²) in [5.41, 5.74) is 7.82. The number of carbonyl (C=O) groups excluding carboxylic acids is 4. The summed E-state index contributed by atoms with van der Waals surface area (Å²) in [5.74, 6) is 0.975.